The number of aryl methyl sites for hydroxylation is 2. The van der Waals surface area contributed by atoms with E-state index in [-0.39, 0.29) is 5.91 Å². The number of amides is 1. The van der Waals surface area contributed by atoms with E-state index in [0.717, 1.165) is 42.6 Å². The highest BCUT2D eigenvalue weighted by molar-refractivity contribution is 5.97. The van der Waals surface area contributed by atoms with Gasteiger partial charge in [-0.3, -0.25) is 4.79 Å². The van der Waals surface area contributed by atoms with Gasteiger partial charge in [-0.2, -0.15) is 0 Å². The molecule has 1 aliphatic heterocycles. The van der Waals surface area contributed by atoms with Crippen molar-refractivity contribution in [1.29, 1.82) is 0 Å². The first kappa shape index (κ1) is 13.1. The molecule has 0 unspecified atom stereocenters. The smallest absolute Gasteiger partial charge is 0.254 e. The topological polar surface area (TPSA) is 32.3 Å². The van der Waals surface area contributed by atoms with E-state index in [1.807, 2.05) is 44.0 Å². The molecule has 1 saturated heterocycles. The number of rotatable bonds is 2. The standard InChI is InChI=1S/C15H22N2O/c1-11-5-4-6-12(2)14(11)15(18)17(3)13-7-9-16-10-8-13/h4-6,13,16H,7-10H2,1-3H3. The van der Waals surface area contributed by atoms with E-state index in [1.165, 1.54) is 0 Å². The summed E-state index contributed by atoms with van der Waals surface area (Å²) in [6.45, 7) is 6.04. The van der Waals surface area contributed by atoms with Crippen LogP contribution in [0, 0.1) is 13.8 Å². The Balaban J connectivity index is 2.19. The van der Waals surface area contributed by atoms with E-state index in [9.17, 15) is 4.79 Å². The first-order valence-electron chi connectivity index (χ1n) is 6.65. The third-order valence-electron chi connectivity index (χ3n) is 3.87. The Labute approximate surface area is 109 Å². The van der Waals surface area contributed by atoms with Crippen molar-refractivity contribution in [3.8, 4) is 0 Å². The summed E-state index contributed by atoms with van der Waals surface area (Å²) in [6, 6.07) is 6.40. The van der Waals surface area contributed by atoms with Gasteiger partial charge in [-0.15, -0.1) is 0 Å². The van der Waals surface area contributed by atoms with E-state index in [0.29, 0.717) is 6.04 Å². The number of nitrogens with one attached hydrogen (secondary N) is 1. The molecule has 2 rings (SSSR count). The largest absolute Gasteiger partial charge is 0.339 e. The average molecular weight is 246 g/mol. The van der Waals surface area contributed by atoms with Gasteiger partial charge in [-0.05, 0) is 50.9 Å². The first-order valence-corrected chi connectivity index (χ1v) is 6.65. The van der Waals surface area contributed by atoms with Gasteiger partial charge in [0, 0.05) is 18.7 Å². The zero-order chi connectivity index (χ0) is 13.1. The molecular weight excluding hydrogens is 224 g/mol. The summed E-state index contributed by atoms with van der Waals surface area (Å²) >= 11 is 0. The first-order chi connectivity index (χ1) is 8.61. The quantitative estimate of drug-likeness (QED) is 0.867. The van der Waals surface area contributed by atoms with E-state index >= 15 is 0 Å². The van der Waals surface area contributed by atoms with Gasteiger partial charge in [0.1, 0.15) is 0 Å². The van der Waals surface area contributed by atoms with Crippen molar-refractivity contribution >= 4 is 5.91 Å². The summed E-state index contributed by atoms with van der Waals surface area (Å²) in [5.41, 5.74) is 3.01. The van der Waals surface area contributed by atoms with Crippen LogP contribution in [0.4, 0.5) is 0 Å². The third-order valence-corrected chi connectivity index (χ3v) is 3.87. The van der Waals surface area contributed by atoms with Crippen LogP contribution in [0.25, 0.3) is 0 Å². The zero-order valence-corrected chi connectivity index (χ0v) is 11.5. The van der Waals surface area contributed by atoms with E-state index < -0.39 is 0 Å². The summed E-state index contributed by atoms with van der Waals surface area (Å²) in [4.78, 5) is 14.5. The highest BCUT2D eigenvalue weighted by atomic mass is 16.2. The lowest BCUT2D eigenvalue weighted by molar-refractivity contribution is 0.0702. The molecule has 0 spiro atoms. The second-order valence-electron chi connectivity index (χ2n) is 5.16. The fraction of sp³-hybridized carbons (Fsp3) is 0.533. The van der Waals surface area contributed by atoms with Crippen LogP contribution in [0.2, 0.25) is 0 Å². The number of hydrogen-bond acceptors (Lipinski definition) is 2. The summed E-state index contributed by atoms with van der Waals surface area (Å²) in [6.07, 6.45) is 2.10. The van der Waals surface area contributed by atoms with Crippen LogP contribution in [0.1, 0.15) is 34.3 Å². The Kier molecular flexibility index (Phi) is 4.02. The molecule has 0 radical (unpaired) electrons. The molecule has 1 aromatic carbocycles. The van der Waals surface area contributed by atoms with Crippen LogP contribution in [0.5, 0.6) is 0 Å². The van der Waals surface area contributed by atoms with Crippen molar-refractivity contribution in [3.05, 3.63) is 34.9 Å². The van der Waals surface area contributed by atoms with Crippen molar-refractivity contribution in [2.45, 2.75) is 32.7 Å². The van der Waals surface area contributed by atoms with Crippen molar-refractivity contribution in [2.24, 2.45) is 0 Å². The number of benzene rings is 1. The molecule has 1 N–H and O–H groups in total. The van der Waals surface area contributed by atoms with Crippen molar-refractivity contribution in [2.75, 3.05) is 20.1 Å². The molecule has 1 heterocycles. The SMILES string of the molecule is Cc1cccc(C)c1C(=O)N(C)C1CCNCC1. The molecule has 0 bridgehead atoms. The second kappa shape index (κ2) is 5.53. The number of piperidine rings is 1. The van der Waals surface area contributed by atoms with Crippen molar-refractivity contribution in [3.63, 3.8) is 0 Å². The van der Waals surface area contributed by atoms with E-state index in [2.05, 4.69) is 5.32 Å². The normalized spacial score (nSPS) is 16.6. The van der Waals surface area contributed by atoms with E-state index in [1.54, 1.807) is 0 Å². The van der Waals surface area contributed by atoms with Gasteiger partial charge in [0.15, 0.2) is 0 Å². The van der Waals surface area contributed by atoms with Gasteiger partial charge < -0.3 is 10.2 Å². The fourth-order valence-electron chi connectivity index (χ4n) is 2.69. The lowest BCUT2D eigenvalue weighted by Crippen LogP contribution is -2.44. The van der Waals surface area contributed by atoms with Crippen molar-refractivity contribution < 1.29 is 4.79 Å². The minimum atomic E-state index is 0.164. The molecule has 0 atom stereocenters. The molecule has 0 saturated carbocycles. The van der Waals surface area contributed by atoms with Crippen LogP contribution in [-0.4, -0.2) is 37.0 Å². The molecule has 0 aliphatic carbocycles. The lowest BCUT2D eigenvalue weighted by Gasteiger charge is -2.32. The Morgan fingerprint density at radius 3 is 2.33 bits per heavy atom. The van der Waals surface area contributed by atoms with Crippen LogP contribution in [0.15, 0.2) is 18.2 Å². The second-order valence-corrected chi connectivity index (χ2v) is 5.16. The van der Waals surface area contributed by atoms with Gasteiger partial charge in [-0.25, -0.2) is 0 Å². The molecular formula is C15H22N2O. The van der Waals surface area contributed by atoms with E-state index in [4.69, 9.17) is 0 Å². The van der Waals surface area contributed by atoms with Crippen LogP contribution in [-0.2, 0) is 0 Å². The minimum absolute atomic E-state index is 0.164. The summed E-state index contributed by atoms with van der Waals surface area (Å²) in [5, 5.41) is 3.33. The van der Waals surface area contributed by atoms with Gasteiger partial charge in [0.05, 0.1) is 0 Å². The summed E-state index contributed by atoms with van der Waals surface area (Å²) in [7, 11) is 1.93. The third kappa shape index (κ3) is 2.56. The molecule has 1 aliphatic rings. The Bertz CT molecular complexity index is 416. The predicted octanol–water partition coefficient (Wildman–Crippen LogP) is 2.13. The fourth-order valence-corrected chi connectivity index (χ4v) is 2.69. The number of carbonyl (C=O) groups is 1. The predicted molar refractivity (Wildman–Crippen MR) is 73.9 cm³/mol. The molecule has 98 valence electrons. The molecule has 1 aromatic rings. The lowest BCUT2D eigenvalue weighted by atomic mass is 9.99. The van der Waals surface area contributed by atoms with Crippen LogP contribution >= 0.6 is 0 Å². The minimum Gasteiger partial charge on any atom is -0.339 e. The molecule has 1 amide bonds. The Hall–Kier alpha value is -1.35. The maximum absolute atomic E-state index is 12.6. The maximum Gasteiger partial charge on any atom is 0.254 e. The molecule has 18 heavy (non-hydrogen) atoms. The zero-order valence-electron chi connectivity index (χ0n) is 11.5. The molecule has 3 heteroatoms. The van der Waals surface area contributed by atoms with Gasteiger partial charge in [0.2, 0.25) is 0 Å². The summed E-state index contributed by atoms with van der Waals surface area (Å²) in [5.74, 6) is 0.164. The number of carbonyl (C=O) groups excluding carboxylic acids is 1. The highest BCUT2D eigenvalue weighted by Gasteiger charge is 2.24. The maximum atomic E-state index is 12.6. The average Bonchev–Trinajstić information content (AvgIpc) is 2.38. The number of hydrogen-bond donors (Lipinski definition) is 1. The molecule has 3 nitrogen and oxygen atoms in total. The van der Waals surface area contributed by atoms with Gasteiger partial charge >= 0.3 is 0 Å². The highest BCUT2D eigenvalue weighted by Crippen LogP contribution is 2.19. The van der Waals surface area contributed by atoms with Crippen molar-refractivity contribution in [1.82, 2.24) is 10.2 Å². The van der Waals surface area contributed by atoms with Crippen LogP contribution < -0.4 is 5.32 Å². The molecule has 0 aromatic heterocycles. The Morgan fingerprint density at radius 2 is 1.78 bits per heavy atom. The Morgan fingerprint density at radius 1 is 1.22 bits per heavy atom. The van der Waals surface area contributed by atoms with Crippen LogP contribution in [0.3, 0.4) is 0 Å². The monoisotopic (exact) mass is 246 g/mol. The van der Waals surface area contributed by atoms with Gasteiger partial charge in [0.25, 0.3) is 5.91 Å². The van der Waals surface area contributed by atoms with Gasteiger partial charge in [-0.1, -0.05) is 18.2 Å². The molecule has 1 fully saturated rings. The summed E-state index contributed by atoms with van der Waals surface area (Å²) < 4.78 is 0. The number of nitrogens with zero attached hydrogens (tertiary/aromatic N) is 1.